The van der Waals surface area contributed by atoms with Crippen LogP contribution in [0.5, 0.6) is 0 Å². The topological polar surface area (TPSA) is 180 Å². The summed E-state index contributed by atoms with van der Waals surface area (Å²) < 4.78 is 60.5. The molecule has 17 atom stereocenters. The van der Waals surface area contributed by atoms with Gasteiger partial charge in [-0.3, -0.25) is 4.79 Å². The molecule has 1 aromatic carbocycles. The lowest BCUT2D eigenvalue weighted by molar-refractivity contribution is -0.319. The average molecular weight is 880 g/mol. The molecule has 3 saturated heterocycles. The molecule has 0 saturated carbocycles. The number of aromatic nitrogens is 3. The van der Waals surface area contributed by atoms with Gasteiger partial charge in [-0.2, -0.15) is 0 Å². The van der Waals surface area contributed by atoms with Crippen LogP contribution in [0.1, 0.15) is 74.7 Å². The van der Waals surface area contributed by atoms with Gasteiger partial charge in [-0.25, -0.2) is 9.07 Å². The van der Waals surface area contributed by atoms with E-state index >= 15 is 0 Å². The quantitative estimate of drug-likeness (QED) is 0.294. The van der Waals surface area contributed by atoms with Crippen molar-refractivity contribution < 1.29 is 57.7 Å². The van der Waals surface area contributed by atoms with Gasteiger partial charge in [-0.15, -0.1) is 5.10 Å². The highest BCUT2D eigenvalue weighted by molar-refractivity contribution is 5.73. The average Bonchev–Trinajstić information content (AvgIpc) is 3.68. The van der Waals surface area contributed by atoms with Gasteiger partial charge in [0.2, 0.25) is 0 Å². The minimum absolute atomic E-state index is 0.147. The second-order valence-electron chi connectivity index (χ2n) is 19.1. The third kappa shape index (κ3) is 11.8. The van der Waals surface area contributed by atoms with E-state index in [4.69, 9.17) is 33.2 Å². The molecule has 352 valence electrons. The third-order valence-electron chi connectivity index (χ3n) is 13.6. The van der Waals surface area contributed by atoms with E-state index in [9.17, 15) is 24.5 Å². The third-order valence-corrected chi connectivity index (χ3v) is 13.6. The maximum absolute atomic E-state index is 14.7. The van der Waals surface area contributed by atoms with E-state index in [2.05, 4.69) is 10.3 Å². The number of halogens is 1. The molecule has 2 aromatic rings. The normalized spacial score (nSPS) is 41.1. The van der Waals surface area contributed by atoms with Crippen LogP contribution >= 0.6 is 0 Å². The highest BCUT2D eigenvalue weighted by Gasteiger charge is 2.52. The lowest BCUT2D eigenvalue weighted by Gasteiger charge is -2.49. The fourth-order valence-corrected chi connectivity index (χ4v) is 9.81. The lowest BCUT2D eigenvalue weighted by atomic mass is 9.75. The Morgan fingerprint density at radius 2 is 1.56 bits per heavy atom. The van der Waals surface area contributed by atoms with Crippen molar-refractivity contribution in [3.63, 3.8) is 0 Å². The number of hydrogen-bond acceptors (Lipinski definition) is 15. The number of aliphatic hydroxyl groups is 3. The summed E-state index contributed by atoms with van der Waals surface area (Å²) >= 11 is 0. The highest BCUT2D eigenvalue weighted by Crippen LogP contribution is 2.41. The van der Waals surface area contributed by atoms with Crippen LogP contribution in [0.2, 0.25) is 0 Å². The molecule has 0 bridgehead atoms. The summed E-state index contributed by atoms with van der Waals surface area (Å²) in [7, 11) is 8.85. The SMILES string of the molecule is CO[C@]1(C)C[C@@H](C)[C@H](O)[C@H](C)CN(C)C[C@H](Cn2cc(-c3ccc(F)cc3)nn2)OC(=O)[C@H](C)[C@@H](O[C@H]2C[C@@](C)(OC)[C@@H](O)[C@H](C)O2)[C@H](C)[C@H]1O[C@@H]1O[C@H](C)C[C@H](N(C)C)[C@H]1O. The minimum atomic E-state index is -1.12. The molecule has 3 fully saturated rings. The summed E-state index contributed by atoms with van der Waals surface area (Å²) in [6.07, 6.45) is -5.44. The van der Waals surface area contributed by atoms with Crippen molar-refractivity contribution in [2.24, 2.45) is 23.7 Å². The number of hydrogen-bond donors (Lipinski definition) is 3. The fourth-order valence-electron chi connectivity index (χ4n) is 9.81. The molecule has 3 N–H and O–H groups in total. The van der Waals surface area contributed by atoms with E-state index in [0.29, 0.717) is 37.2 Å². The van der Waals surface area contributed by atoms with Gasteiger partial charge in [-0.1, -0.05) is 26.0 Å². The molecule has 0 amide bonds. The molecule has 3 aliphatic heterocycles. The van der Waals surface area contributed by atoms with Crippen molar-refractivity contribution in [3.8, 4) is 11.3 Å². The van der Waals surface area contributed by atoms with Gasteiger partial charge in [0, 0.05) is 51.3 Å². The summed E-state index contributed by atoms with van der Waals surface area (Å²) in [5.74, 6) is -3.03. The fraction of sp³-hybridized carbons (Fsp3) is 0.800. The van der Waals surface area contributed by atoms with Crippen molar-refractivity contribution in [1.29, 1.82) is 0 Å². The highest BCUT2D eigenvalue weighted by atomic mass is 19.1. The minimum Gasteiger partial charge on any atom is -0.459 e. The van der Waals surface area contributed by atoms with Crippen LogP contribution in [0.3, 0.4) is 0 Å². The van der Waals surface area contributed by atoms with Crippen molar-refractivity contribution >= 4 is 5.97 Å². The number of ether oxygens (including phenoxy) is 7. The molecule has 0 spiro atoms. The number of rotatable bonds is 10. The summed E-state index contributed by atoms with van der Waals surface area (Å²) in [6.45, 7) is 15.9. The summed E-state index contributed by atoms with van der Waals surface area (Å²) in [6, 6.07) is 5.70. The van der Waals surface area contributed by atoms with Crippen molar-refractivity contribution in [2.45, 2.75) is 160 Å². The number of nitrogens with zero attached hydrogens (tertiary/aromatic N) is 5. The van der Waals surface area contributed by atoms with Crippen LogP contribution in [0.4, 0.5) is 4.39 Å². The molecule has 3 aliphatic rings. The number of likely N-dealkylation sites (N-methyl/N-ethyl adjacent to an activating group) is 2. The van der Waals surface area contributed by atoms with Crippen LogP contribution in [-0.4, -0.2) is 173 Å². The van der Waals surface area contributed by atoms with Crippen molar-refractivity contribution in [3.05, 3.63) is 36.3 Å². The first-order valence-electron chi connectivity index (χ1n) is 22.1. The maximum Gasteiger partial charge on any atom is 0.311 e. The van der Waals surface area contributed by atoms with Crippen LogP contribution in [0.25, 0.3) is 11.3 Å². The Hall–Kier alpha value is -2.68. The molecule has 5 rings (SSSR count). The van der Waals surface area contributed by atoms with E-state index in [-0.39, 0.29) is 42.8 Å². The van der Waals surface area contributed by atoms with Crippen LogP contribution in [0.15, 0.2) is 30.5 Å². The van der Waals surface area contributed by atoms with Gasteiger partial charge in [-0.05, 0) is 105 Å². The van der Waals surface area contributed by atoms with Gasteiger partial charge in [0.25, 0.3) is 0 Å². The van der Waals surface area contributed by atoms with E-state index in [1.165, 1.54) is 19.2 Å². The van der Waals surface area contributed by atoms with Gasteiger partial charge in [0.1, 0.15) is 29.8 Å². The number of aliphatic hydroxyl groups excluding tert-OH is 3. The maximum atomic E-state index is 14.7. The van der Waals surface area contributed by atoms with Crippen molar-refractivity contribution in [1.82, 2.24) is 24.8 Å². The Kier molecular flexibility index (Phi) is 17.1. The lowest BCUT2D eigenvalue weighted by Crippen LogP contribution is -2.61. The van der Waals surface area contributed by atoms with Gasteiger partial charge < -0.3 is 58.3 Å². The molecule has 62 heavy (non-hydrogen) atoms. The first-order valence-corrected chi connectivity index (χ1v) is 22.1. The number of carbonyl (C=O) groups is 1. The zero-order chi connectivity index (χ0) is 45.8. The second-order valence-corrected chi connectivity index (χ2v) is 19.1. The molecule has 16 nitrogen and oxygen atoms in total. The molecular formula is C45H74FN5O11. The van der Waals surface area contributed by atoms with Crippen molar-refractivity contribution in [2.75, 3.05) is 48.5 Å². The standard InChI is InChI=1S/C45H74FN5O11/c1-25-19-45(8,57-13)41(62-43-38(53)35(49(9)10)18-27(3)58-43)28(4)39(61-36-20-44(7,56-12)40(54)30(6)59-36)29(5)42(55)60-33(22-50(11)21-26(2)37(25)52)23-51-24-34(47-48-51)31-14-16-32(46)17-15-31/h14-17,24-30,33,35-41,43,52-54H,18-23H2,1-13H3/t25-,26-,27-,28+,29-,30+,33-,35+,36+,37+,38-,39+,40+,41-,43+,44-,45-/m1/s1. The van der Waals surface area contributed by atoms with Crippen LogP contribution < -0.4 is 0 Å². The monoisotopic (exact) mass is 880 g/mol. The van der Waals surface area contributed by atoms with E-state index in [0.717, 1.165) is 0 Å². The predicted octanol–water partition coefficient (Wildman–Crippen LogP) is 3.74. The van der Waals surface area contributed by atoms with Crippen LogP contribution in [-0.2, 0) is 44.5 Å². The largest absolute Gasteiger partial charge is 0.459 e. The summed E-state index contributed by atoms with van der Waals surface area (Å²) in [5, 5.41) is 43.4. The first-order chi connectivity index (χ1) is 29.1. The molecular weight excluding hydrogens is 806 g/mol. The number of cyclic esters (lactones) is 1. The van der Waals surface area contributed by atoms with Gasteiger partial charge >= 0.3 is 5.97 Å². The number of methoxy groups -OCH3 is 2. The zero-order valence-corrected chi connectivity index (χ0v) is 39.0. The molecule has 0 radical (unpaired) electrons. The number of carbonyl (C=O) groups excluding carboxylic acids is 1. The summed E-state index contributed by atoms with van der Waals surface area (Å²) in [5.41, 5.74) is -0.929. The van der Waals surface area contributed by atoms with E-state index in [1.807, 2.05) is 65.6 Å². The number of esters is 1. The Morgan fingerprint density at radius 1 is 0.903 bits per heavy atom. The van der Waals surface area contributed by atoms with E-state index < -0.39 is 84.3 Å². The van der Waals surface area contributed by atoms with Gasteiger partial charge in [0.15, 0.2) is 12.6 Å². The second kappa shape index (κ2) is 21.1. The number of benzene rings is 1. The summed E-state index contributed by atoms with van der Waals surface area (Å²) in [4.78, 5) is 18.7. The molecule has 1 aromatic heterocycles. The van der Waals surface area contributed by atoms with Gasteiger partial charge in [0.05, 0.1) is 60.4 Å². The first kappa shape index (κ1) is 50.3. The smallest absolute Gasteiger partial charge is 0.311 e. The van der Waals surface area contributed by atoms with Crippen LogP contribution in [0, 0.1) is 29.5 Å². The molecule has 0 aliphatic carbocycles. The Bertz CT molecular complexity index is 1720. The molecule has 17 heteroatoms. The zero-order valence-electron chi connectivity index (χ0n) is 39.0. The Morgan fingerprint density at radius 3 is 2.19 bits per heavy atom. The Labute approximate surface area is 367 Å². The Balaban J connectivity index is 1.57. The van der Waals surface area contributed by atoms with E-state index in [1.54, 1.807) is 50.9 Å². The molecule has 0 unspecified atom stereocenters. The molecule has 4 heterocycles. The predicted molar refractivity (Wildman–Crippen MR) is 228 cm³/mol.